The minimum atomic E-state index is -0.467. The Kier molecular flexibility index (Phi) is 3.75. The number of hydrogen-bond donors (Lipinski definition) is 1. The Labute approximate surface area is 120 Å². The first-order chi connectivity index (χ1) is 9.72. The van der Waals surface area contributed by atoms with Gasteiger partial charge < -0.3 is 9.84 Å². The second-order valence-corrected chi connectivity index (χ2v) is 5.53. The summed E-state index contributed by atoms with van der Waals surface area (Å²) in [6.45, 7) is 2.08. The van der Waals surface area contributed by atoms with E-state index in [0.717, 1.165) is 24.2 Å². The van der Waals surface area contributed by atoms with Crippen LogP contribution < -0.4 is 4.74 Å². The summed E-state index contributed by atoms with van der Waals surface area (Å²) >= 11 is 0. The molecule has 3 rings (SSSR count). The van der Waals surface area contributed by atoms with Crippen LogP contribution in [-0.4, -0.2) is 11.2 Å². The van der Waals surface area contributed by atoms with Gasteiger partial charge in [0.2, 0.25) is 0 Å². The highest BCUT2D eigenvalue weighted by Crippen LogP contribution is 2.28. The molecule has 1 N–H and O–H groups in total. The second-order valence-electron chi connectivity index (χ2n) is 5.53. The van der Waals surface area contributed by atoms with Gasteiger partial charge in [0.25, 0.3) is 0 Å². The Morgan fingerprint density at radius 2 is 1.80 bits per heavy atom. The smallest absolute Gasteiger partial charge is 0.119 e. The summed E-state index contributed by atoms with van der Waals surface area (Å²) in [7, 11) is 0. The number of ether oxygens (including phenoxy) is 1. The van der Waals surface area contributed by atoms with Crippen LogP contribution in [0.5, 0.6) is 5.75 Å². The molecule has 20 heavy (non-hydrogen) atoms. The number of aliphatic hydroxyl groups is 1. The van der Waals surface area contributed by atoms with Crippen molar-refractivity contribution < 1.29 is 9.84 Å². The minimum Gasteiger partial charge on any atom is -0.490 e. The summed E-state index contributed by atoms with van der Waals surface area (Å²) in [5.74, 6) is 0.902. The molecule has 0 bridgehead atoms. The third kappa shape index (κ3) is 3.20. The van der Waals surface area contributed by atoms with Gasteiger partial charge in [-0.25, -0.2) is 0 Å². The van der Waals surface area contributed by atoms with Crippen LogP contribution in [0.3, 0.4) is 0 Å². The SMILES string of the molecule is Cc1ccccc1CC(O)c1ccc(OC2CC2)cc1. The predicted octanol–water partition coefficient (Wildman–Crippen LogP) is 3.81. The summed E-state index contributed by atoms with van der Waals surface area (Å²) in [5.41, 5.74) is 3.36. The molecule has 0 aromatic heterocycles. The summed E-state index contributed by atoms with van der Waals surface area (Å²) in [4.78, 5) is 0. The first-order valence-electron chi connectivity index (χ1n) is 7.21. The van der Waals surface area contributed by atoms with Crippen molar-refractivity contribution in [2.24, 2.45) is 0 Å². The highest BCUT2D eigenvalue weighted by atomic mass is 16.5. The second kappa shape index (κ2) is 5.68. The highest BCUT2D eigenvalue weighted by Gasteiger charge is 2.23. The fraction of sp³-hybridized carbons (Fsp3) is 0.333. The van der Waals surface area contributed by atoms with Crippen molar-refractivity contribution in [1.29, 1.82) is 0 Å². The van der Waals surface area contributed by atoms with Gasteiger partial charge in [-0.1, -0.05) is 36.4 Å². The summed E-state index contributed by atoms with van der Waals surface area (Å²) < 4.78 is 5.72. The Morgan fingerprint density at radius 3 is 2.45 bits per heavy atom. The lowest BCUT2D eigenvalue weighted by Crippen LogP contribution is -2.03. The molecule has 2 aromatic rings. The Morgan fingerprint density at radius 1 is 1.10 bits per heavy atom. The maximum atomic E-state index is 10.3. The predicted molar refractivity (Wildman–Crippen MR) is 79.9 cm³/mol. The monoisotopic (exact) mass is 268 g/mol. The van der Waals surface area contributed by atoms with E-state index in [9.17, 15) is 5.11 Å². The molecule has 1 aliphatic rings. The van der Waals surface area contributed by atoms with Gasteiger partial charge in [0.1, 0.15) is 5.75 Å². The quantitative estimate of drug-likeness (QED) is 0.893. The van der Waals surface area contributed by atoms with Gasteiger partial charge in [-0.3, -0.25) is 0 Å². The van der Waals surface area contributed by atoms with Gasteiger partial charge in [-0.05, 0) is 48.6 Å². The summed E-state index contributed by atoms with van der Waals surface area (Å²) in [6, 6.07) is 16.0. The molecular weight excluding hydrogens is 248 g/mol. The van der Waals surface area contributed by atoms with Crippen molar-refractivity contribution in [3.05, 3.63) is 65.2 Å². The van der Waals surface area contributed by atoms with Crippen molar-refractivity contribution in [2.45, 2.75) is 38.4 Å². The topological polar surface area (TPSA) is 29.5 Å². The zero-order valence-corrected chi connectivity index (χ0v) is 11.8. The van der Waals surface area contributed by atoms with E-state index in [1.165, 1.54) is 11.1 Å². The van der Waals surface area contributed by atoms with Crippen molar-refractivity contribution in [2.75, 3.05) is 0 Å². The molecule has 0 heterocycles. The van der Waals surface area contributed by atoms with Gasteiger partial charge in [0, 0.05) is 6.42 Å². The molecular formula is C18H20O2. The minimum absolute atomic E-state index is 0.415. The van der Waals surface area contributed by atoms with Gasteiger partial charge in [0.05, 0.1) is 12.2 Å². The van der Waals surface area contributed by atoms with E-state index in [2.05, 4.69) is 19.1 Å². The van der Waals surface area contributed by atoms with Crippen LogP contribution in [0.15, 0.2) is 48.5 Å². The highest BCUT2D eigenvalue weighted by molar-refractivity contribution is 5.32. The molecule has 2 heteroatoms. The lowest BCUT2D eigenvalue weighted by molar-refractivity contribution is 0.178. The fourth-order valence-electron chi connectivity index (χ4n) is 2.31. The number of aliphatic hydroxyl groups excluding tert-OH is 1. The maximum absolute atomic E-state index is 10.3. The molecule has 0 spiro atoms. The Balaban J connectivity index is 1.67. The van der Waals surface area contributed by atoms with Gasteiger partial charge >= 0.3 is 0 Å². The third-order valence-electron chi connectivity index (χ3n) is 3.77. The molecule has 2 aromatic carbocycles. The van der Waals surface area contributed by atoms with Crippen molar-refractivity contribution in [3.63, 3.8) is 0 Å². The maximum Gasteiger partial charge on any atom is 0.119 e. The molecule has 1 unspecified atom stereocenters. The third-order valence-corrected chi connectivity index (χ3v) is 3.77. The zero-order valence-electron chi connectivity index (χ0n) is 11.8. The Hall–Kier alpha value is -1.80. The Bertz CT molecular complexity index is 570. The van der Waals surface area contributed by atoms with Gasteiger partial charge in [-0.15, -0.1) is 0 Å². The lowest BCUT2D eigenvalue weighted by atomic mass is 9.98. The van der Waals surface area contributed by atoms with E-state index >= 15 is 0 Å². The van der Waals surface area contributed by atoms with E-state index in [-0.39, 0.29) is 0 Å². The zero-order chi connectivity index (χ0) is 13.9. The lowest BCUT2D eigenvalue weighted by Gasteiger charge is -2.13. The van der Waals surface area contributed by atoms with Gasteiger partial charge in [0.15, 0.2) is 0 Å². The van der Waals surface area contributed by atoms with Crippen LogP contribution in [0.25, 0.3) is 0 Å². The van der Waals surface area contributed by atoms with E-state index in [4.69, 9.17) is 4.74 Å². The number of aryl methyl sites for hydroxylation is 1. The molecule has 2 nitrogen and oxygen atoms in total. The van der Waals surface area contributed by atoms with E-state index in [0.29, 0.717) is 12.5 Å². The molecule has 0 radical (unpaired) electrons. The van der Waals surface area contributed by atoms with Crippen LogP contribution in [0, 0.1) is 6.92 Å². The molecule has 1 saturated carbocycles. The normalized spacial score (nSPS) is 15.9. The molecule has 1 fully saturated rings. The van der Waals surface area contributed by atoms with E-state index < -0.39 is 6.10 Å². The standard InChI is InChI=1S/C18H20O2/c1-13-4-2-3-5-15(13)12-18(19)14-6-8-16(9-7-14)20-17-10-11-17/h2-9,17-19H,10-12H2,1H3. The van der Waals surface area contributed by atoms with Crippen LogP contribution in [0.4, 0.5) is 0 Å². The van der Waals surface area contributed by atoms with Crippen molar-refractivity contribution in [1.82, 2.24) is 0 Å². The fourth-order valence-corrected chi connectivity index (χ4v) is 2.31. The summed E-state index contributed by atoms with van der Waals surface area (Å²) in [6.07, 6.45) is 2.92. The average molecular weight is 268 g/mol. The largest absolute Gasteiger partial charge is 0.490 e. The number of benzene rings is 2. The van der Waals surface area contributed by atoms with Gasteiger partial charge in [-0.2, -0.15) is 0 Å². The van der Waals surface area contributed by atoms with Crippen LogP contribution in [0.1, 0.15) is 35.6 Å². The van der Waals surface area contributed by atoms with Crippen molar-refractivity contribution in [3.8, 4) is 5.75 Å². The molecule has 1 aliphatic carbocycles. The van der Waals surface area contributed by atoms with E-state index in [1.807, 2.05) is 36.4 Å². The molecule has 0 saturated heterocycles. The van der Waals surface area contributed by atoms with E-state index in [1.54, 1.807) is 0 Å². The first-order valence-corrected chi connectivity index (χ1v) is 7.21. The first kappa shape index (κ1) is 13.2. The number of rotatable bonds is 5. The van der Waals surface area contributed by atoms with Crippen LogP contribution in [0.2, 0.25) is 0 Å². The van der Waals surface area contributed by atoms with Crippen LogP contribution >= 0.6 is 0 Å². The van der Waals surface area contributed by atoms with Crippen molar-refractivity contribution >= 4 is 0 Å². The molecule has 104 valence electrons. The molecule has 1 atom stereocenters. The number of hydrogen-bond acceptors (Lipinski definition) is 2. The average Bonchev–Trinajstić information content (AvgIpc) is 3.26. The molecule has 0 aliphatic heterocycles. The van der Waals surface area contributed by atoms with Crippen LogP contribution in [-0.2, 0) is 6.42 Å². The summed E-state index contributed by atoms with van der Waals surface area (Å²) in [5, 5.41) is 10.3. The molecule has 0 amide bonds.